The van der Waals surface area contributed by atoms with E-state index < -0.39 is 5.97 Å². The van der Waals surface area contributed by atoms with E-state index in [0.29, 0.717) is 32.4 Å². The Balaban J connectivity index is 1.94. The summed E-state index contributed by atoms with van der Waals surface area (Å²) in [6.07, 6.45) is 1.68. The molecule has 1 N–H and O–H groups in total. The van der Waals surface area contributed by atoms with Gasteiger partial charge in [0.25, 0.3) is 0 Å². The molecule has 0 aromatic heterocycles. The number of carboxylic acids is 1. The molecule has 0 fully saturated rings. The fourth-order valence-corrected chi connectivity index (χ4v) is 2.57. The molecule has 0 aliphatic rings. The molecule has 0 saturated carbocycles. The normalized spacial score (nSPS) is 10.3. The smallest absolute Gasteiger partial charge is 0.303 e. The number of hydrogen-bond acceptors (Lipinski definition) is 2. The summed E-state index contributed by atoms with van der Waals surface area (Å²) in [6, 6.07) is 19.7. The largest absolute Gasteiger partial charge is 0.481 e. The van der Waals surface area contributed by atoms with E-state index in [2.05, 4.69) is 0 Å². The molecule has 2 rings (SSSR count). The molecule has 0 bridgehead atoms. The van der Waals surface area contributed by atoms with Gasteiger partial charge in [-0.3, -0.25) is 9.59 Å². The van der Waals surface area contributed by atoms with E-state index in [4.69, 9.17) is 5.11 Å². The molecule has 0 aliphatic heterocycles. The van der Waals surface area contributed by atoms with Crippen molar-refractivity contribution in [3.8, 4) is 0 Å². The second-order valence-corrected chi connectivity index (χ2v) is 5.78. The number of carbonyl (C=O) groups excluding carboxylic acids is 1. The Morgan fingerprint density at radius 1 is 0.833 bits per heavy atom. The first-order chi connectivity index (χ1) is 11.6. The standard InChI is InChI=1S/C20H23NO3/c22-19(14-13-17-8-3-1-4-9-17)21(15-7-12-20(23)24)16-18-10-5-2-6-11-18/h1-6,8-11H,7,12-16H2,(H,23,24). The number of aliphatic carboxylic acids is 1. The maximum Gasteiger partial charge on any atom is 0.303 e. The van der Waals surface area contributed by atoms with E-state index in [1.807, 2.05) is 60.7 Å². The molecular weight excluding hydrogens is 302 g/mol. The lowest BCUT2D eigenvalue weighted by Crippen LogP contribution is -2.32. The minimum atomic E-state index is -0.827. The second-order valence-electron chi connectivity index (χ2n) is 5.78. The third-order valence-corrected chi connectivity index (χ3v) is 3.86. The Morgan fingerprint density at radius 2 is 1.42 bits per heavy atom. The van der Waals surface area contributed by atoms with Crippen molar-refractivity contribution >= 4 is 11.9 Å². The van der Waals surface area contributed by atoms with Crippen molar-refractivity contribution < 1.29 is 14.7 Å². The Kier molecular flexibility index (Phi) is 7.02. The Hall–Kier alpha value is -2.62. The molecule has 126 valence electrons. The molecule has 0 aliphatic carbocycles. The molecule has 0 saturated heterocycles. The second kappa shape index (κ2) is 9.50. The lowest BCUT2D eigenvalue weighted by Gasteiger charge is -2.23. The predicted molar refractivity (Wildman–Crippen MR) is 93.5 cm³/mol. The van der Waals surface area contributed by atoms with Crippen molar-refractivity contribution in [2.75, 3.05) is 6.54 Å². The maximum atomic E-state index is 12.6. The van der Waals surface area contributed by atoms with E-state index in [1.54, 1.807) is 4.90 Å². The molecule has 0 radical (unpaired) electrons. The van der Waals surface area contributed by atoms with Crippen LogP contribution >= 0.6 is 0 Å². The van der Waals surface area contributed by atoms with Crippen LogP contribution in [0.2, 0.25) is 0 Å². The Bertz CT molecular complexity index is 640. The average molecular weight is 325 g/mol. The number of nitrogens with zero attached hydrogens (tertiary/aromatic N) is 1. The minimum Gasteiger partial charge on any atom is -0.481 e. The van der Waals surface area contributed by atoms with E-state index in [0.717, 1.165) is 11.1 Å². The number of benzene rings is 2. The highest BCUT2D eigenvalue weighted by atomic mass is 16.4. The summed E-state index contributed by atoms with van der Waals surface area (Å²) in [6.45, 7) is 0.989. The van der Waals surface area contributed by atoms with Crippen molar-refractivity contribution in [2.45, 2.75) is 32.2 Å². The summed E-state index contributed by atoms with van der Waals surface area (Å²) in [4.78, 5) is 25.1. The SMILES string of the molecule is O=C(O)CCCN(Cc1ccccc1)C(=O)CCc1ccccc1. The highest BCUT2D eigenvalue weighted by Crippen LogP contribution is 2.10. The third-order valence-electron chi connectivity index (χ3n) is 3.86. The van der Waals surface area contributed by atoms with Gasteiger partial charge < -0.3 is 10.0 Å². The monoisotopic (exact) mass is 325 g/mol. The molecule has 4 heteroatoms. The molecule has 4 nitrogen and oxygen atoms in total. The van der Waals surface area contributed by atoms with Crippen LogP contribution in [-0.2, 0) is 22.6 Å². The molecule has 24 heavy (non-hydrogen) atoms. The van der Waals surface area contributed by atoms with Gasteiger partial charge in [0, 0.05) is 25.9 Å². The van der Waals surface area contributed by atoms with Gasteiger partial charge in [-0.2, -0.15) is 0 Å². The van der Waals surface area contributed by atoms with Gasteiger partial charge >= 0.3 is 5.97 Å². The van der Waals surface area contributed by atoms with Crippen LogP contribution in [-0.4, -0.2) is 28.4 Å². The van der Waals surface area contributed by atoms with Gasteiger partial charge in [-0.1, -0.05) is 60.7 Å². The topological polar surface area (TPSA) is 57.6 Å². The molecule has 2 aromatic carbocycles. The molecule has 0 spiro atoms. The van der Waals surface area contributed by atoms with E-state index in [-0.39, 0.29) is 12.3 Å². The van der Waals surface area contributed by atoms with Crippen LogP contribution in [0.1, 0.15) is 30.4 Å². The molecule has 2 aromatic rings. The fraction of sp³-hybridized carbons (Fsp3) is 0.300. The number of rotatable bonds is 9. The van der Waals surface area contributed by atoms with Crippen molar-refractivity contribution in [3.63, 3.8) is 0 Å². The summed E-state index contributed by atoms with van der Waals surface area (Å²) < 4.78 is 0. The van der Waals surface area contributed by atoms with Gasteiger partial charge in [-0.25, -0.2) is 0 Å². The van der Waals surface area contributed by atoms with Crippen LogP contribution in [0.5, 0.6) is 0 Å². The number of carboxylic acid groups (broad SMARTS) is 1. The average Bonchev–Trinajstić information content (AvgIpc) is 2.60. The van der Waals surface area contributed by atoms with Crippen LogP contribution in [0.15, 0.2) is 60.7 Å². The van der Waals surface area contributed by atoms with E-state index in [1.165, 1.54) is 0 Å². The predicted octanol–water partition coefficient (Wildman–Crippen LogP) is 3.51. The quantitative estimate of drug-likeness (QED) is 0.767. The van der Waals surface area contributed by atoms with Crippen molar-refractivity contribution in [3.05, 3.63) is 71.8 Å². The van der Waals surface area contributed by atoms with Crippen LogP contribution < -0.4 is 0 Å². The summed E-state index contributed by atoms with van der Waals surface area (Å²) in [5.74, 6) is -0.764. The van der Waals surface area contributed by atoms with E-state index in [9.17, 15) is 9.59 Å². The summed E-state index contributed by atoms with van der Waals surface area (Å²) >= 11 is 0. The van der Waals surface area contributed by atoms with Crippen LogP contribution in [0.3, 0.4) is 0 Å². The van der Waals surface area contributed by atoms with Gasteiger partial charge in [-0.05, 0) is 24.0 Å². The van der Waals surface area contributed by atoms with Crippen molar-refractivity contribution in [1.29, 1.82) is 0 Å². The zero-order valence-corrected chi connectivity index (χ0v) is 13.7. The number of carbonyl (C=O) groups is 2. The highest BCUT2D eigenvalue weighted by molar-refractivity contribution is 5.76. The van der Waals surface area contributed by atoms with E-state index >= 15 is 0 Å². The lowest BCUT2D eigenvalue weighted by atomic mass is 10.1. The Labute approximate surface area is 142 Å². The van der Waals surface area contributed by atoms with Gasteiger partial charge in [0.15, 0.2) is 0 Å². The van der Waals surface area contributed by atoms with Crippen LogP contribution in [0, 0.1) is 0 Å². The third kappa shape index (κ3) is 6.24. The highest BCUT2D eigenvalue weighted by Gasteiger charge is 2.14. The van der Waals surface area contributed by atoms with Crippen molar-refractivity contribution in [2.24, 2.45) is 0 Å². The molecule has 1 amide bonds. The van der Waals surface area contributed by atoms with Crippen molar-refractivity contribution in [1.82, 2.24) is 4.90 Å². The summed E-state index contributed by atoms with van der Waals surface area (Å²) in [5, 5.41) is 8.80. The van der Waals surface area contributed by atoms with Gasteiger partial charge in [0.1, 0.15) is 0 Å². The lowest BCUT2D eigenvalue weighted by molar-refractivity contribution is -0.138. The fourth-order valence-electron chi connectivity index (χ4n) is 2.57. The summed E-state index contributed by atoms with van der Waals surface area (Å²) in [5.41, 5.74) is 2.19. The molecule has 0 atom stereocenters. The minimum absolute atomic E-state index is 0.0631. The Morgan fingerprint density at radius 3 is 2.00 bits per heavy atom. The first-order valence-corrected chi connectivity index (χ1v) is 8.22. The molecule has 0 heterocycles. The first-order valence-electron chi connectivity index (χ1n) is 8.22. The first kappa shape index (κ1) is 17.7. The summed E-state index contributed by atoms with van der Waals surface area (Å²) in [7, 11) is 0. The molecule has 0 unspecified atom stereocenters. The van der Waals surface area contributed by atoms with Gasteiger partial charge in [0.2, 0.25) is 5.91 Å². The number of hydrogen-bond donors (Lipinski definition) is 1. The maximum absolute atomic E-state index is 12.6. The zero-order valence-electron chi connectivity index (χ0n) is 13.7. The van der Waals surface area contributed by atoms with Crippen LogP contribution in [0.25, 0.3) is 0 Å². The zero-order chi connectivity index (χ0) is 17.2. The number of aryl methyl sites for hydroxylation is 1. The number of amides is 1. The van der Waals surface area contributed by atoms with Crippen LogP contribution in [0.4, 0.5) is 0 Å². The molecular formula is C20H23NO3. The van der Waals surface area contributed by atoms with Gasteiger partial charge in [0.05, 0.1) is 0 Å². The van der Waals surface area contributed by atoms with Gasteiger partial charge in [-0.15, -0.1) is 0 Å².